The lowest BCUT2D eigenvalue weighted by atomic mass is 10.1. The van der Waals surface area contributed by atoms with Gasteiger partial charge in [-0.15, -0.1) is 0 Å². The van der Waals surface area contributed by atoms with E-state index in [0.717, 1.165) is 5.56 Å². The summed E-state index contributed by atoms with van der Waals surface area (Å²) >= 11 is 0. The van der Waals surface area contributed by atoms with Crippen LogP contribution in [0.4, 0.5) is 0 Å². The molecule has 2 rings (SSSR count). The standard InChI is InChI=1S/C12H10N2O2S/c1-8-14-11(7-13)12(16-8)9-4-3-5-10(6-9)17(2)15/h3-6H,1-2H3. The molecule has 0 saturated heterocycles. The van der Waals surface area contributed by atoms with Gasteiger partial charge in [0.25, 0.3) is 0 Å². The van der Waals surface area contributed by atoms with E-state index < -0.39 is 10.8 Å². The maximum absolute atomic E-state index is 11.4. The minimum Gasteiger partial charge on any atom is -0.440 e. The first-order chi connectivity index (χ1) is 8.11. The Morgan fingerprint density at radius 3 is 2.88 bits per heavy atom. The van der Waals surface area contributed by atoms with Gasteiger partial charge in [-0.1, -0.05) is 12.1 Å². The SMILES string of the molecule is Cc1nc(C#N)c(-c2cccc(S(C)=O)c2)o1. The van der Waals surface area contributed by atoms with Crippen LogP contribution in [0.3, 0.4) is 0 Å². The van der Waals surface area contributed by atoms with Crippen molar-refractivity contribution in [2.45, 2.75) is 11.8 Å². The molecule has 5 heteroatoms. The number of nitrogens with zero attached hydrogens (tertiary/aromatic N) is 2. The molecular formula is C12H10N2O2S. The Hall–Kier alpha value is -1.93. The first-order valence-corrected chi connectivity index (χ1v) is 6.49. The number of hydrogen-bond donors (Lipinski definition) is 0. The Morgan fingerprint density at radius 1 is 1.47 bits per heavy atom. The van der Waals surface area contributed by atoms with Gasteiger partial charge in [0.05, 0.1) is 0 Å². The molecule has 17 heavy (non-hydrogen) atoms. The van der Waals surface area contributed by atoms with Crippen LogP contribution in [0.25, 0.3) is 11.3 Å². The molecule has 0 radical (unpaired) electrons. The van der Waals surface area contributed by atoms with Crippen molar-refractivity contribution in [1.82, 2.24) is 4.98 Å². The average Bonchev–Trinajstić information content (AvgIpc) is 2.70. The minimum atomic E-state index is -1.06. The van der Waals surface area contributed by atoms with Crippen LogP contribution in [0.5, 0.6) is 0 Å². The van der Waals surface area contributed by atoms with Crippen molar-refractivity contribution in [2.24, 2.45) is 0 Å². The molecule has 0 spiro atoms. The van der Waals surface area contributed by atoms with E-state index in [1.54, 1.807) is 37.4 Å². The third kappa shape index (κ3) is 2.27. The van der Waals surface area contributed by atoms with E-state index in [2.05, 4.69) is 4.98 Å². The highest BCUT2D eigenvalue weighted by atomic mass is 32.2. The van der Waals surface area contributed by atoms with Gasteiger partial charge in [0.2, 0.25) is 0 Å². The Bertz CT molecular complexity index is 626. The number of benzene rings is 1. The number of aryl methyl sites for hydroxylation is 1. The Balaban J connectivity index is 2.57. The molecule has 0 amide bonds. The number of oxazole rings is 1. The topological polar surface area (TPSA) is 66.9 Å². The lowest BCUT2D eigenvalue weighted by Crippen LogP contribution is -1.88. The summed E-state index contributed by atoms with van der Waals surface area (Å²) in [5.74, 6) is 0.872. The lowest BCUT2D eigenvalue weighted by molar-refractivity contribution is 0.534. The Kier molecular flexibility index (Phi) is 3.07. The predicted molar refractivity (Wildman–Crippen MR) is 63.7 cm³/mol. The molecule has 4 nitrogen and oxygen atoms in total. The summed E-state index contributed by atoms with van der Waals surface area (Å²) in [6.07, 6.45) is 1.61. The fourth-order valence-electron chi connectivity index (χ4n) is 1.51. The van der Waals surface area contributed by atoms with Gasteiger partial charge >= 0.3 is 0 Å². The number of aromatic nitrogens is 1. The van der Waals surface area contributed by atoms with Gasteiger partial charge in [-0.2, -0.15) is 5.26 Å². The largest absolute Gasteiger partial charge is 0.440 e. The van der Waals surface area contributed by atoms with E-state index in [1.807, 2.05) is 6.07 Å². The molecule has 1 aromatic carbocycles. The van der Waals surface area contributed by atoms with Crippen molar-refractivity contribution in [3.05, 3.63) is 35.9 Å². The molecule has 0 saturated carbocycles. The fourth-order valence-corrected chi connectivity index (χ4v) is 2.08. The average molecular weight is 246 g/mol. The molecule has 2 aromatic rings. The first kappa shape index (κ1) is 11.6. The van der Waals surface area contributed by atoms with E-state index in [-0.39, 0.29) is 5.69 Å². The highest BCUT2D eigenvalue weighted by Gasteiger charge is 2.13. The number of nitriles is 1. The van der Waals surface area contributed by atoms with Crippen LogP contribution in [0.15, 0.2) is 33.6 Å². The second-order valence-electron chi connectivity index (χ2n) is 3.50. The summed E-state index contributed by atoms with van der Waals surface area (Å²) in [7, 11) is -1.06. The molecule has 86 valence electrons. The van der Waals surface area contributed by atoms with Gasteiger partial charge < -0.3 is 4.42 Å². The van der Waals surface area contributed by atoms with E-state index in [9.17, 15) is 4.21 Å². The van der Waals surface area contributed by atoms with Crippen LogP contribution in [-0.4, -0.2) is 15.4 Å². The molecule has 1 aromatic heterocycles. The van der Waals surface area contributed by atoms with Gasteiger partial charge in [-0.25, -0.2) is 4.98 Å². The molecule has 1 atom stereocenters. The summed E-state index contributed by atoms with van der Waals surface area (Å²) in [6.45, 7) is 1.69. The summed E-state index contributed by atoms with van der Waals surface area (Å²) < 4.78 is 16.8. The predicted octanol–water partition coefficient (Wildman–Crippen LogP) is 2.26. The van der Waals surface area contributed by atoms with Crippen molar-refractivity contribution >= 4 is 10.8 Å². The van der Waals surface area contributed by atoms with Gasteiger partial charge in [-0.3, -0.25) is 4.21 Å². The van der Waals surface area contributed by atoms with Crippen molar-refractivity contribution < 1.29 is 8.63 Å². The van der Waals surface area contributed by atoms with Gasteiger partial charge in [0.15, 0.2) is 17.3 Å². The van der Waals surface area contributed by atoms with Crippen LogP contribution in [0.2, 0.25) is 0 Å². The zero-order valence-electron chi connectivity index (χ0n) is 9.43. The second-order valence-corrected chi connectivity index (χ2v) is 4.88. The number of rotatable bonds is 2. The fraction of sp³-hybridized carbons (Fsp3) is 0.167. The second kappa shape index (κ2) is 4.52. The quantitative estimate of drug-likeness (QED) is 0.815. The highest BCUT2D eigenvalue weighted by molar-refractivity contribution is 7.84. The first-order valence-electron chi connectivity index (χ1n) is 4.93. The van der Waals surface area contributed by atoms with Crippen LogP contribution in [0, 0.1) is 18.3 Å². The molecule has 0 fully saturated rings. The molecular weight excluding hydrogens is 236 g/mol. The van der Waals surface area contributed by atoms with E-state index in [0.29, 0.717) is 16.5 Å². The normalized spacial score (nSPS) is 12.1. The lowest BCUT2D eigenvalue weighted by Gasteiger charge is -2.00. The summed E-state index contributed by atoms with van der Waals surface area (Å²) in [5, 5.41) is 8.94. The molecule has 0 N–H and O–H groups in total. The maximum Gasteiger partial charge on any atom is 0.193 e. The van der Waals surface area contributed by atoms with Crippen LogP contribution < -0.4 is 0 Å². The third-order valence-electron chi connectivity index (χ3n) is 2.27. The van der Waals surface area contributed by atoms with Crippen LogP contribution >= 0.6 is 0 Å². The van der Waals surface area contributed by atoms with Gasteiger partial charge in [0.1, 0.15) is 6.07 Å². The smallest absolute Gasteiger partial charge is 0.193 e. The Morgan fingerprint density at radius 2 is 2.24 bits per heavy atom. The molecule has 1 heterocycles. The van der Waals surface area contributed by atoms with E-state index in [4.69, 9.17) is 9.68 Å². The monoisotopic (exact) mass is 246 g/mol. The maximum atomic E-state index is 11.4. The van der Waals surface area contributed by atoms with Crippen molar-refractivity contribution in [3.8, 4) is 17.4 Å². The highest BCUT2D eigenvalue weighted by Crippen LogP contribution is 2.25. The summed E-state index contributed by atoms with van der Waals surface area (Å²) in [5.41, 5.74) is 0.969. The molecule has 0 aliphatic heterocycles. The zero-order valence-corrected chi connectivity index (χ0v) is 10.2. The molecule has 0 aliphatic rings. The van der Waals surface area contributed by atoms with Crippen molar-refractivity contribution in [1.29, 1.82) is 5.26 Å². The summed E-state index contributed by atoms with van der Waals surface area (Å²) in [4.78, 5) is 4.67. The van der Waals surface area contributed by atoms with Crippen LogP contribution in [0.1, 0.15) is 11.6 Å². The van der Waals surface area contributed by atoms with Crippen molar-refractivity contribution in [3.63, 3.8) is 0 Å². The van der Waals surface area contributed by atoms with Crippen LogP contribution in [-0.2, 0) is 10.8 Å². The molecule has 1 unspecified atom stereocenters. The van der Waals surface area contributed by atoms with E-state index >= 15 is 0 Å². The van der Waals surface area contributed by atoms with Crippen molar-refractivity contribution in [2.75, 3.05) is 6.26 Å². The third-order valence-corrected chi connectivity index (χ3v) is 3.19. The zero-order chi connectivity index (χ0) is 12.4. The van der Waals surface area contributed by atoms with Gasteiger partial charge in [-0.05, 0) is 12.1 Å². The molecule has 0 aliphatic carbocycles. The number of hydrogen-bond acceptors (Lipinski definition) is 4. The van der Waals surface area contributed by atoms with Gasteiger partial charge in [0, 0.05) is 34.4 Å². The Labute approximate surface area is 101 Å². The summed E-state index contributed by atoms with van der Waals surface area (Å²) in [6, 6.07) is 9.09. The minimum absolute atomic E-state index is 0.251. The van der Waals surface area contributed by atoms with E-state index in [1.165, 1.54) is 0 Å². The molecule has 0 bridgehead atoms.